The van der Waals surface area contributed by atoms with Crippen LogP contribution in [0.4, 0.5) is 5.00 Å². The van der Waals surface area contributed by atoms with Gasteiger partial charge in [-0.05, 0) is 30.5 Å². The molecule has 128 valence electrons. The smallest absolute Gasteiger partial charge is 0.249 e. The summed E-state index contributed by atoms with van der Waals surface area (Å²) in [4.78, 5) is 13.2. The zero-order valence-corrected chi connectivity index (χ0v) is 14.6. The molecular formula is C19H18N2O3S. The molecule has 25 heavy (non-hydrogen) atoms. The van der Waals surface area contributed by atoms with E-state index in [-0.39, 0.29) is 12.0 Å². The fraction of sp³-hybridized carbons (Fsp3) is 0.263. The van der Waals surface area contributed by atoms with E-state index >= 15 is 0 Å². The number of nitrogens with zero attached hydrogens (tertiary/aromatic N) is 1. The molecule has 1 atom stereocenters. The standard InChI is InChI=1S/C19H18N2O3S/c1-24-16-5-3-2-4-12(16)6-9-18(23)21-19-15(11-20)14-8-7-13(22)10-17(14)25-19/h2-6,9,13,22H,7-8,10H2,1H3,(H,21,23). The number of thiophene rings is 1. The quantitative estimate of drug-likeness (QED) is 0.827. The molecule has 2 aromatic rings. The molecule has 2 N–H and O–H groups in total. The molecule has 1 unspecified atom stereocenters. The number of hydrogen-bond donors (Lipinski definition) is 2. The molecule has 0 saturated heterocycles. The number of hydrogen-bond acceptors (Lipinski definition) is 5. The van der Waals surface area contributed by atoms with Crippen LogP contribution in [0.5, 0.6) is 5.75 Å². The highest BCUT2D eigenvalue weighted by molar-refractivity contribution is 7.16. The number of nitrogens with one attached hydrogen (secondary N) is 1. The molecular weight excluding hydrogens is 336 g/mol. The maximum absolute atomic E-state index is 12.2. The number of aliphatic hydroxyl groups is 1. The lowest BCUT2D eigenvalue weighted by molar-refractivity contribution is -0.111. The van der Waals surface area contributed by atoms with Crippen molar-refractivity contribution in [1.82, 2.24) is 0 Å². The lowest BCUT2D eigenvalue weighted by Gasteiger charge is -2.16. The first kappa shape index (κ1) is 17.2. The molecule has 6 heteroatoms. The Morgan fingerprint density at radius 2 is 2.28 bits per heavy atom. The summed E-state index contributed by atoms with van der Waals surface area (Å²) in [5.41, 5.74) is 2.28. The van der Waals surface area contributed by atoms with Gasteiger partial charge in [-0.25, -0.2) is 0 Å². The van der Waals surface area contributed by atoms with Crippen LogP contribution < -0.4 is 10.1 Å². The highest BCUT2D eigenvalue weighted by atomic mass is 32.1. The van der Waals surface area contributed by atoms with E-state index in [4.69, 9.17) is 4.74 Å². The third-order valence-corrected chi connectivity index (χ3v) is 5.31. The van der Waals surface area contributed by atoms with Gasteiger partial charge in [-0.2, -0.15) is 5.26 Å². The van der Waals surface area contributed by atoms with Crippen LogP contribution in [0, 0.1) is 11.3 Å². The van der Waals surface area contributed by atoms with Crippen LogP contribution in [-0.4, -0.2) is 24.2 Å². The Balaban J connectivity index is 1.78. The number of methoxy groups -OCH3 is 1. The van der Waals surface area contributed by atoms with Crippen molar-refractivity contribution in [2.75, 3.05) is 12.4 Å². The fourth-order valence-electron chi connectivity index (χ4n) is 2.90. The first-order chi connectivity index (χ1) is 12.1. The van der Waals surface area contributed by atoms with Gasteiger partial charge in [0.2, 0.25) is 5.91 Å². The molecule has 1 aliphatic rings. The topological polar surface area (TPSA) is 82.3 Å². The van der Waals surface area contributed by atoms with Crippen molar-refractivity contribution < 1.29 is 14.6 Å². The van der Waals surface area contributed by atoms with Crippen molar-refractivity contribution >= 4 is 28.3 Å². The van der Waals surface area contributed by atoms with Crippen molar-refractivity contribution in [2.24, 2.45) is 0 Å². The monoisotopic (exact) mass is 354 g/mol. The molecule has 1 amide bonds. The van der Waals surface area contributed by atoms with E-state index in [0.29, 0.717) is 35.6 Å². The Bertz CT molecular complexity index is 864. The van der Waals surface area contributed by atoms with Crippen molar-refractivity contribution in [3.63, 3.8) is 0 Å². The molecule has 1 aromatic heterocycles. The summed E-state index contributed by atoms with van der Waals surface area (Å²) in [6.45, 7) is 0. The minimum atomic E-state index is -0.369. The fourth-order valence-corrected chi connectivity index (χ4v) is 4.17. The predicted octanol–water partition coefficient (Wildman–Crippen LogP) is 3.13. The summed E-state index contributed by atoms with van der Waals surface area (Å²) in [6, 6.07) is 9.59. The molecule has 5 nitrogen and oxygen atoms in total. The highest BCUT2D eigenvalue weighted by Crippen LogP contribution is 2.37. The Morgan fingerprint density at radius 1 is 1.48 bits per heavy atom. The molecule has 1 aliphatic carbocycles. The van der Waals surface area contributed by atoms with E-state index < -0.39 is 0 Å². The SMILES string of the molecule is COc1ccccc1C=CC(=O)Nc1sc2c(c1C#N)CCC(O)C2. The molecule has 1 heterocycles. The molecule has 3 rings (SSSR count). The van der Waals surface area contributed by atoms with E-state index in [0.717, 1.165) is 16.0 Å². The van der Waals surface area contributed by atoms with Gasteiger partial charge in [0.15, 0.2) is 0 Å². The zero-order valence-electron chi connectivity index (χ0n) is 13.8. The Hall–Kier alpha value is -2.62. The summed E-state index contributed by atoms with van der Waals surface area (Å²) in [5.74, 6) is 0.381. The number of ether oxygens (including phenoxy) is 1. The predicted molar refractivity (Wildman–Crippen MR) is 97.7 cm³/mol. The number of benzene rings is 1. The number of fused-ring (bicyclic) bond motifs is 1. The number of amides is 1. The van der Waals surface area contributed by atoms with Gasteiger partial charge in [0, 0.05) is 22.9 Å². The third-order valence-electron chi connectivity index (χ3n) is 4.14. The molecule has 0 spiro atoms. The summed E-state index contributed by atoms with van der Waals surface area (Å²) in [7, 11) is 1.58. The molecule has 0 fully saturated rings. The van der Waals surface area contributed by atoms with Gasteiger partial charge in [-0.3, -0.25) is 4.79 Å². The minimum absolute atomic E-state index is 0.304. The van der Waals surface area contributed by atoms with E-state index in [1.54, 1.807) is 13.2 Å². The number of carbonyl (C=O) groups is 1. The van der Waals surface area contributed by atoms with Crippen LogP contribution in [0.2, 0.25) is 0 Å². The maximum Gasteiger partial charge on any atom is 0.249 e. The second-order valence-electron chi connectivity index (χ2n) is 5.78. The lowest BCUT2D eigenvalue weighted by atomic mass is 9.94. The molecule has 0 saturated carbocycles. The van der Waals surface area contributed by atoms with Gasteiger partial charge in [-0.1, -0.05) is 18.2 Å². The van der Waals surface area contributed by atoms with Crippen LogP contribution in [0.25, 0.3) is 6.08 Å². The number of nitriles is 1. The first-order valence-electron chi connectivity index (χ1n) is 7.97. The van der Waals surface area contributed by atoms with Gasteiger partial charge >= 0.3 is 0 Å². The van der Waals surface area contributed by atoms with Gasteiger partial charge in [0.25, 0.3) is 0 Å². The zero-order chi connectivity index (χ0) is 17.8. The second kappa shape index (κ2) is 7.51. The number of rotatable bonds is 4. The average Bonchev–Trinajstić information content (AvgIpc) is 2.95. The number of aliphatic hydroxyl groups excluding tert-OH is 1. The average molecular weight is 354 g/mol. The van der Waals surface area contributed by atoms with E-state index in [1.165, 1.54) is 17.4 Å². The summed E-state index contributed by atoms with van der Waals surface area (Å²) < 4.78 is 5.25. The molecule has 0 aliphatic heterocycles. The summed E-state index contributed by atoms with van der Waals surface area (Å²) >= 11 is 1.37. The van der Waals surface area contributed by atoms with Crippen molar-refractivity contribution in [3.8, 4) is 11.8 Å². The van der Waals surface area contributed by atoms with E-state index in [2.05, 4.69) is 11.4 Å². The lowest BCUT2D eigenvalue weighted by Crippen LogP contribution is -2.17. The number of anilines is 1. The van der Waals surface area contributed by atoms with Gasteiger partial charge in [-0.15, -0.1) is 11.3 Å². The van der Waals surface area contributed by atoms with Crippen molar-refractivity contribution in [3.05, 3.63) is 51.9 Å². The number of para-hydroxylation sites is 1. The highest BCUT2D eigenvalue weighted by Gasteiger charge is 2.25. The van der Waals surface area contributed by atoms with Crippen LogP contribution in [0.3, 0.4) is 0 Å². The molecule has 0 bridgehead atoms. The van der Waals surface area contributed by atoms with Gasteiger partial charge in [0.1, 0.15) is 16.8 Å². The largest absolute Gasteiger partial charge is 0.496 e. The molecule has 0 radical (unpaired) electrons. The Kier molecular flexibility index (Phi) is 5.17. The minimum Gasteiger partial charge on any atom is -0.496 e. The number of carbonyl (C=O) groups excluding carboxylic acids is 1. The van der Waals surface area contributed by atoms with Crippen LogP contribution in [0.1, 0.15) is 28.0 Å². The van der Waals surface area contributed by atoms with E-state index in [9.17, 15) is 15.2 Å². The van der Waals surface area contributed by atoms with Gasteiger partial charge < -0.3 is 15.2 Å². The van der Waals surface area contributed by atoms with Crippen molar-refractivity contribution in [2.45, 2.75) is 25.4 Å². The normalized spacial score (nSPS) is 16.3. The third kappa shape index (κ3) is 3.73. The summed E-state index contributed by atoms with van der Waals surface area (Å²) in [5, 5.41) is 22.6. The maximum atomic E-state index is 12.2. The first-order valence-corrected chi connectivity index (χ1v) is 8.78. The second-order valence-corrected chi connectivity index (χ2v) is 6.89. The Labute approximate surface area is 150 Å². The van der Waals surface area contributed by atoms with Crippen molar-refractivity contribution in [1.29, 1.82) is 5.26 Å². The van der Waals surface area contributed by atoms with Crippen LogP contribution in [-0.2, 0) is 17.6 Å². The summed E-state index contributed by atoms with van der Waals surface area (Å²) in [6.07, 6.45) is 4.60. The van der Waals surface area contributed by atoms with Crippen LogP contribution >= 0.6 is 11.3 Å². The van der Waals surface area contributed by atoms with Gasteiger partial charge in [0.05, 0.1) is 18.8 Å². The molecule has 1 aromatic carbocycles. The van der Waals surface area contributed by atoms with E-state index in [1.807, 2.05) is 24.3 Å². The van der Waals surface area contributed by atoms with Crippen LogP contribution in [0.15, 0.2) is 30.3 Å². The Morgan fingerprint density at radius 3 is 3.04 bits per heavy atom.